The minimum absolute atomic E-state index is 0.0738. The number of hydrogen-bond donors (Lipinski definition) is 6. The van der Waals surface area contributed by atoms with E-state index in [0.29, 0.717) is 13.1 Å². The van der Waals surface area contributed by atoms with Crippen molar-refractivity contribution in [1.29, 1.82) is 0 Å². The Hall–Kier alpha value is -1.03. The topological polar surface area (TPSA) is 123 Å². The molecule has 1 saturated carbocycles. The van der Waals surface area contributed by atoms with Crippen LogP contribution in [0.5, 0.6) is 0 Å². The number of hydrogen-bond acceptors (Lipinski definition) is 7. The minimum Gasteiger partial charge on any atom is -0.396 e. The highest BCUT2D eigenvalue weighted by Gasteiger charge is 2.49. The molecule has 2 heterocycles. The van der Waals surface area contributed by atoms with Crippen LogP contribution in [-0.2, 0) is 4.79 Å². The summed E-state index contributed by atoms with van der Waals surface area (Å²) in [5.41, 5.74) is 6.56. The normalized spacial score (nSPS) is 45.5. The van der Waals surface area contributed by atoms with Crippen LogP contribution in [0.15, 0.2) is 12.2 Å². The second-order valence-corrected chi connectivity index (χ2v) is 5.63. The molecule has 0 spiro atoms. The zero-order valence-corrected chi connectivity index (χ0v) is 11.1. The molecule has 0 aromatic heterocycles. The van der Waals surface area contributed by atoms with Crippen molar-refractivity contribution in [1.82, 2.24) is 20.9 Å². The van der Waals surface area contributed by atoms with Crippen LogP contribution in [0.2, 0.25) is 0 Å². The van der Waals surface area contributed by atoms with E-state index in [0.717, 1.165) is 5.57 Å². The van der Waals surface area contributed by atoms with Crippen molar-refractivity contribution in [2.45, 2.75) is 37.1 Å². The Bertz CT molecular complexity index is 431. The lowest BCUT2D eigenvalue weighted by molar-refractivity contribution is -0.127. The predicted molar refractivity (Wildman–Crippen MR) is 70.8 cm³/mol. The van der Waals surface area contributed by atoms with Crippen molar-refractivity contribution >= 4 is 5.91 Å². The summed E-state index contributed by atoms with van der Waals surface area (Å²) in [6, 6.07) is -0.442. The van der Waals surface area contributed by atoms with Gasteiger partial charge in [-0.1, -0.05) is 12.2 Å². The van der Waals surface area contributed by atoms with Crippen LogP contribution in [0.25, 0.3) is 0 Å². The van der Waals surface area contributed by atoms with Crippen LogP contribution >= 0.6 is 0 Å². The molecule has 1 amide bonds. The van der Waals surface area contributed by atoms with Gasteiger partial charge in [-0.15, -0.1) is 0 Å². The van der Waals surface area contributed by atoms with Gasteiger partial charge in [0.15, 0.2) is 0 Å². The number of nitrogens with one attached hydrogen (secondary N) is 3. The van der Waals surface area contributed by atoms with Crippen molar-refractivity contribution in [3.63, 3.8) is 0 Å². The first kappa shape index (κ1) is 13.9. The Kier molecular flexibility index (Phi) is 3.53. The lowest BCUT2D eigenvalue weighted by Crippen LogP contribution is -2.70. The second kappa shape index (κ2) is 5.06. The quantitative estimate of drug-likeness (QED) is 0.295. The molecule has 2 saturated heterocycles. The molecule has 3 unspecified atom stereocenters. The maximum absolute atomic E-state index is 11.9. The molecule has 1 aliphatic carbocycles. The zero-order chi connectivity index (χ0) is 14.4. The molecule has 7 N–H and O–H groups in total. The fourth-order valence-electron chi connectivity index (χ4n) is 3.43. The van der Waals surface area contributed by atoms with Gasteiger partial charge < -0.3 is 15.5 Å². The van der Waals surface area contributed by atoms with Crippen LogP contribution < -0.4 is 21.7 Å². The van der Waals surface area contributed by atoms with Crippen LogP contribution in [0, 0.1) is 5.92 Å². The summed E-state index contributed by atoms with van der Waals surface area (Å²) in [5, 5.41) is 28.2. The van der Waals surface area contributed by atoms with Gasteiger partial charge in [0.1, 0.15) is 12.3 Å². The molecule has 0 radical (unpaired) electrons. The average Bonchev–Trinajstić information content (AvgIpc) is 2.91. The number of carbonyl (C=O) groups is 1. The number of nitrogens with two attached hydrogens (primary N) is 1. The first-order valence-electron chi connectivity index (χ1n) is 6.81. The molecule has 2 aliphatic heterocycles. The van der Waals surface area contributed by atoms with Gasteiger partial charge in [0.05, 0.1) is 25.5 Å². The summed E-state index contributed by atoms with van der Waals surface area (Å²) in [6.45, 7) is 4.41. The number of aliphatic hydroxyl groups excluding tert-OH is 2. The summed E-state index contributed by atoms with van der Waals surface area (Å²) in [6.07, 6.45) is -0.903. The fourth-order valence-corrected chi connectivity index (χ4v) is 3.43. The lowest BCUT2D eigenvalue weighted by Gasteiger charge is -2.37. The fraction of sp³-hybridized carbons (Fsp3) is 0.750. The van der Waals surface area contributed by atoms with Gasteiger partial charge in [-0.3, -0.25) is 26.1 Å². The molecule has 3 aliphatic rings. The van der Waals surface area contributed by atoms with Gasteiger partial charge in [0.2, 0.25) is 5.91 Å². The monoisotopic (exact) mass is 283 g/mol. The van der Waals surface area contributed by atoms with E-state index in [1.165, 1.54) is 0 Å². The summed E-state index contributed by atoms with van der Waals surface area (Å²) in [4.78, 5) is 13.9. The van der Waals surface area contributed by atoms with Crippen molar-refractivity contribution in [2.75, 3.05) is 13.3 Å². The van der Waals surface area contributed by atoms with Crippen molar-refractivity contribution in [3.8, 4) is 0 Å². The Morgan fingerprint density at radius 3 is 2.90 bits per heavy atom. The summed E-state index contributed by atoms with van der Waals surface area (Å²) < 4.78 is 0. The first-order chi connectivity index (χ1) is 9.52. The van der Waals surface area contributed by atoms with Crippen LogP contribution in [0.1, 0.15) is 6.42 Å². The molecule has 0 aromatic rings. The van der Waals surface area contributed by atoms with Crippen molar-refractivity contribution in [3.05, 3.63) is 12.2 Å². The zero-order valence-electron chi connectivity index (χ0n) is 11.1. The van der Waals surface area contributed by atoms with Gasteiger partial charge in [0.25, 0.3) is 0 Å². The standard InChI is InChI=1S/C12H21N5O3/c1-5-6(3-18)8(19)2-7(5)17-4-14-9-10(17)15-12(13)16-11(9)20/h6-10,12,14-15,18-19H,1-4,13H2,(H,16,20)/t6-,7-,8+,9?,10?,12?/m0/s1. The number of rotatable bonds is 2. The molecule has 8 heteroatoms. The van der Waals surface area contributed by atoms with Crippen molar-refractivity contribution in [2.24, 2.45) is 11.7 Å². The summed E-state index contributed by atoms with van der Waals surface area (Å²) in [7, 11) is 0. The highest BCUT2D eigenvalue weighted by Crippen LogP contribution is 2.35. The highest BCUT2D eigenvalue weighted by atomic mass is 16.3. The molecule has 6 atom stereocenters. The Morgan fingerprint density at radius 1 is 1.50 bits per heavy atom. The third-order valence-electron chi connectivity index (χ3n) is 4.53. The molecule has 3 fully saturated rings. The van der Waals surface area contributed by atoms with E-state index in [1.54, 1.807) is 0 Å². The van der Waals surface area contributed by atoms with E-state index in [9.17, 15) is 15.0 Å². The smallest absolute Gasteiger partial charge is 0.242 e. The van der Waals surface area contributed by atoms with E-state index >= 15 is 0 Å². The van der Waals surface area contributed by atoms with E-state index in [2.05, 4.69) is 22.5 Å². The number of nitrogens with zero attached hydrogens (tertiary/aromatic N) is 1. The third-order valence-corrected chi connectivity index (χ3v) is 4.53. The maximum Gasteiger partial charge on any atom is 0.242 e. The Labute approximate surface area is 117 Å². The second-order valence-electron chi connectivity index (χ2n) is 5.63. The van der Waals surface area contributed by atoms with E-state index in [4.69, 9.17) is 5.73 Å². The molecule has 20 heavy (non-hydrogen) atoms. The molecular formula is C12H21N5O3. The van der Waals surface area contributed by atoms with E-state index < -0.39 is 12.4 Å². The molecule has 3 rings (SSSR count). The maximum atomic E-state index is 11.9. The Balaban J connectivity index is 1.78. The van der Waals surface area contributed by atoms with Gasteiger partial charge in [-0.05, 0) is 6.42 Å². The minimum atomic E-state index is -0.595. The van der Waals surface area contributed by atoms with Crippen LogP contribution in [0.3, 0.4) is 0 Å². The third kappa shape index (κ3) is 2.05. The molecule has 0 aromatic carbocycles. The van der Waals surface area contributed by atoms with Crippen LogP contribution in [0.4, 0.5) is 0 Å². The number of carbonyl (C=O) groups excluding carboxylic acids is 1. The summed E-state index contributed by atoms with van der Waals surface area (Å²) >= 11 is 0. The van der Waals surface area contributed by atoms with Crippen molar-refractivity contribution < 1.29 is 15.0 Å². The van der Waals surface area contributed by atoms with Gasteiger partial charge in [-0.25, -0.2) is 0 Å². The molecule has 8 nitrogen and oxygen atoms in total. The first-order valence-corrected chi connectivity index (χ1v) is 6.81. The molecular weight excluding hydrogens is 262 g/mol. The van der Waals surface area contributed by atoms with Gasteiger partial charge >= 0.3 is 0 Å². The molecule has 112 valence electrons. The highest BCUT2D eigenvalue weighted by molar-refractivity contribution is 5.84. The Morgan fingerprint density at radius 2 is 2.25 bits per heavy atom. The predicted octanol–water partition coefficient (Wildman–Crippen LogP) is -3.20. The van der Waals surface area contributed by atoms with Gasteiger partial charge in [-0.2, -0.15) is 0 Å². The van der Waals surface area contributed by atoms with E-state index in [-0.39, 0.29) is 36.7 Å². The van der Waals surface area contributed by atoms with E-state index in [1.807, 2.05) is 4.90 Å². The van der Waals surface area contributed by atoms with Gasteiger partial charge in [0, 0.05) is 12.0 Å². The summed E-state index contributed by atoms with van der Waals surface area (Å²) in [5.74, 6) is -0.434. The lowest BCUT2D eigenvalue weighted by atomic mass is 10.0. The SMILES string of the molecule is C=C1[C@H](CO)[C@H](O)C[C@@H]1N1CNC2C(=O)NC(N)NC21. The number of fused-ring (bicyclic) bond motifs is 1. The average molecular weight is 283 g/mol. The number of amides is 1. The molecule has 0 bridgehead atoms. The largest absolute Gasteiger partial charge is 0.396 e. The van der Waals surface area contributed by atoms with Crippen LogP contribution in [-0.4, -0.2) is 64.9 Å². The number of aliphatic hydroxyl groups is 2.